The number of rotatable bonds is 6. The Balaban J connectivity index is 1.48. The van der Waals surface area contributed by atoms with Crippen molar-refractivity contribution in [2.45, 2.75) is 19.6 Å². The second-order valence-corrected chi connectivity index (χ2v) is 7.00. The molecular weight excluding hydrogens is 346 g/mol. The lowest BCUT2D eigenvalue weighted by Gasteiger charge is -2.18. The molecule has 1 amide bonds. The summed E-state index contributed by atoms with van der Waals surface area (Å²) in [5.74, 6) is -0.00474. The Morgan fingerprint density at radius 1 is 0.929 bits per heavy atom. The van der Waals surface area contributed by atoms with Crippen molar-refractivity contribution in [2.75, 3.05) is 11.5 Å². The van der Waals surface area contributed by atoms with E-state index >= 15 is 0 Å². The number of hydrogen-bond acceptors (Lipinski definition) is 2. The SMILES string of the molecule is Cc1ccc(CN2C(=O)C(OC/C=C/c3ccccc3)c3ccccc32)cc1. The largest absolute Gasteiger partial charge is 0.359 e. The van der Waals surface area contributed by atoms with Crippen molar-refractivity contribution >= 4 is 17.7 Å². The molecule has 0 N–H and O–H groups in total. The molecule has 3 nitrogen and oxygen atoms in total. The second kappa shape index (κ2) is 8.24. The standard InChI is InChI=1S/C25H23NO2/c1-19-13-15-21(16-14-19)18-26-23-12-6-5-11-22(23)24(25(26)27)28-17-7-10-20-8-3-2-4-9-20/h2-16,24H,17-18H2,1H3/b10-7+. The molecule has 0 aliphatic carbocycles. The topological polar surface area (TPSA) is 29.5 Å². The maximum absolute atomic E-state index is 13.1. The zero-order valence-electron chi connectivity index (χ0n) is 15.9. The molecule has 0 aromatic heterocycles. The number of fused-ring (bicyclic) bond motifs is 1. The van der Waals surface area contributed by atoms with E-state index < -0.39 is 6.10 Å². The summed E-state index contributed by atoms with van der Waals surface area (Å²) in [7, 11) is 0. The number of amides is 1. The van der Waals surface area contributed by atoms with Crippen molar-refractivity contribution in [3.05, 3.63) is 107 Å². The minimum Gasteiger partial charge on any atom is -0.359 e. The minimum absolute atomic E-state index is 0.00474. The van der Waals surface area contributed by atoms with E-state index in [4.69, 9.17) is 4.74 Å². The van der Waals surface area contributed by atoms with Crippen LogP contribution in [-0.2, 0) is 16.1 Å². The van der Waals surface area contributed by atoms with Gasteiger partial charge in [-0.05, 0) is 24.1 Å². The van der Waals surface area contributed by atoms with Crippen molar-refractivity contribution in [1.82, 2.24) is 0 Å². The van der Waals surface area contributed by atoms with Gasteiger partial charge in [-0.3, -0.25) is 4.79 Å². The van der Waals surface area contributed by atoms with Crippen LogP contribution in [0, 0.1) is 6.92 Å². The van der Waals surface area contributed by atoms with E-state index in [-0.39, 0.29) is 5.91 Å². The van der Waals surface area contributed by atoms with Crippen LogP contribution in [0.15, 0.2) is 84.9 Å². The van der Waals surface area contributed by atoms with Gasteiger partial charge >= 0.3 is 0 Å². The van der Waals surface area contributed by atoms with E-state index in [1.165, 1.54) is 5.56 Å². The molecule has 0 bridgehead atoms. The minimum atomic E-state index is -0.554. The van der Waals surface area contributed by atoms with Gasteiger partial charge in [0.1, 0.15) is 0 Å². The van der Waals surface area contributed by atoms with Gasteiger partial charge in [-0.15, -0.1) is 0 Å². The van der Waals surface area contributed by atoms with Crippen LogP contribution in [-0.4, -0.2) is 12.5 Å². The van der Waals surface area contributed by atoms with Crippen LogP contribution in [0.5, 0.6) is 0 Å². The van der Waals surface area contributed by atoms with Crippen LogP contribution in [0.25, 0.3) is 6.08 Å². The molecule has 28 heavy (non-hydrogen) atoms. The van der Waals surface area contributed by atoms with E-state index in [9.17, 15) is 4.79 Å². The van der Waals surface area contributed by atoms with Gasteiger partial charge in [0.25, 0.3) is 5.91 Å². The molecule has 140 valence electrons. The predicted molar refractivity (Wildman–Crippen MR) is 113 cm³/mol. The van der Waals surface area contributed by atoms with Gasteiger partial charge in [0.05, 0.1) is 18.8 Å². The van der Waals surface area contributed by atoms with Crippen LogP contribution in [0.4, 0.5) is 5.69 Å². The maximum atomic E-state index is 13.1. The Kier molecular flexibility index (Phi) is 5.36. The van der Waals surface area contributed by atoms with Gasteiger partial charge in [0.15, 0.2) is 6.10 Å². The number of carbonyl (C=O) groups excluding carboxylic acids is 1. The average Bonchev–Trinajstić information content (AvgIpc) is 2.99. The van der Waals surface area contributed by atoms with Crippen LogP contribution < -0.4 is 4.90 Å². The normalized spacial score (nSPS) is 16.0. The summed E-state index contributed by atoms with van der Waals surface area (Å²) >= 11 is 0. The Bertz CT molecular complexity index is 977. The van der Waals surface area contributed by atoms with Gasteiger partial charge < -0.3 is 9.64 Å². The van der Waals surface area contributed by atoms with Crippen molar-refractivity contribution in [2.24, 2.45) is 0 Å². The lowest BCUT2D eigenvalue weighted by Crippen LogP contribution is -2.29. The molecule has 0 spiro atoms. The lowest BCUT2D eigenvalue weighted by atomic mass is 10.1. The molecule has 1 unspecified atom stereocenters. The Morgan fingerprint density at radius 3 is 2.43 bits per heavy atom. The number of benzene rings is 3. The monoisotopic (exact) mass is 369 g/mol. The number of hydrogen-bond donors (Lipinski definition) is 0. The molecular formula is C25H23NO2. The van der Waals surface area contributed by atoms with Crippen molar-refractivity contribution in [3.63, 3.8) is 0 Å². The summed E-state index contributed by atoms with van der Waals surface area (Å²) < 4.78 is 5.97. The molecule has 1 aliphatic rings. The highest BCUT2D eigenvalue weighted by Crippen LogP contribution is 2.38. The zero-order valence-corrected chi connectivity index (χ0v) is 15.9. The number of ether oxygens (including phenoxy) is 1. The summed E-state index contributed by atoms with van der Waals surface area (Å²) in [6.45, 7) is 3.00. The predicted octanol–water partition coefficient (Wildman–Crippen LogP) is 5.31. The molecule has 1 aliphatic heterocycles. The molecule has 4 rings (SSSR count). The fraction of sp³-hybridized carbons (Fsp3) is 0.160. The highest BCUT2D eigenvalue weighted by molar-refractivity contribution is 6.03. The fourth-order valence-electron chi connectivity index (χ4n) is 3.45. The van der Waals surface area contributed by atoms with Gasteiger partial charge in [-0.1, -0.05) is 90.5 Å². The maximum Gasteiger partial charge on any atom is 0.261 e. The first-order valence-corrected chi connectivity index (χ1v) is 9.51. The fourth-order valence-corrected chi connectivity index (χ4v) is 3.45. The molecule has 0 fully saturated rings. The highest BCUT2D eigenvalue weighted by atomic mass is 16.5. The Hall–Kier alpha value is -3.17. The molecule has 3 aromatic rings. The van der Waals surface area contributed by atoms with Crippen LogP contribution in [0.2, 0.25) is 0 Å². The number of carbonyl (C=O) groups is 1. The summed E-state index contributed by atoms with van der Waals surface area (Å²) in [5, 5.41) is 0. The molecule has 3 heteroatoms. The van der Waals surface area contributed by atoms with Gasteiger partial charge in [0.2, 0.25) is 0 Å². The summed E-state index contributed by atoms with van der Waals surface area (Å²) in [4.78, 5) is 14.9. The molecule has 0 saturated carbocycles. The quantitative estimate of drug-likeness (QED) is 0.589. The zero-order chi connectivity index (χ0) is 19.3. The van der Waals surface area contributed by atoms with E-state index in [1.807, 2.05) is 71.6 Å². The molecule has 0 radical (unpaired) electrons. The number of aryl methyl sites for hydroxylation is 1. The second-order valence-electron chi connectivity index (χ2n) is 7.00. The summed E-state index contributed by atoms with van der Waals surface area (Å²) in [6.07, 6.45) is 3.41. The van der Waals surface area contributed by atoms with E-state index in [0.717, 1.165) is 22.4 Å². The third kappa shape index (κ3) is 3.90. The van der Waals surface area contributed by atoms with Crippen molar-refractivity contribution < 1.29 is 9.53 Å². The van der Waals surface area contributed by atoms with Gasteiger partial charge in [-0.25, -0.2) is 0 Å². The van der Waals surface area contributed by atoms with Crippen molar-refractivity contribution in [3.8, 4) is 0 Å². The number of nitrogens with zero attached hydrogens (tertiary/aromatic N) is 1. The first-order chi connectivity index (χ1) is 13.7. The van der Waals surface area contributed by atoms with Crippen LogP contribution in [0.1, 0.15) is 28.4 Å². The average molecular weight is 369 g/mol. The summed E-state index contributed by atoms with van der Waals surface area (Å²) in [6, 6.07) is 26.2. The van der Waals surface area contributed by atoms with Crippen LogP contribution >= 0.6 is 0 Å². The molecule has 0 saturated heterocycles. The number of para-hydroxylation sites is 1. The Morgan fingerprint density at radius 2 is 1.64 bits per heavy atom. The first kappa shape index (κ1) is 18.2. The molecule has 1 atom stereocenters. The smallest absolute Gasteiger partial charge is 0.261 e. The lowest BCUT2D eigenvalue weighted by molar-refractivity contribution is -0.128. The third-order valence-electron chi connectivity index (χ3n) is 4.93. The first-order valence-electron chi connectivity index (χ1n) is 9.51. The van der Waals surface area contributed by atoms with E-state index in [1.54, 1.807) is 0 Å². The van der Waals surface area contributed by atoms with Crippen molar-refractivity contribution in [1.29, 1.82) is 0 Å². The summed E-state index contributed by atoms with van der Waals surface area (Å²) in [5.41, 5.74) is 5.31. The Labute approximate surface area is 165 Å². The number of anilines is 1. The van der Waals surface area contributed by atoms with Gasteiger partial charge in [0, 0.05) is 5.56 Å². The molecule has 3 aromatic carbocycles. The van der Waals surface area contributed by atoms with Crippen LogP contribution in [0.3, 0.4) is 0 Å². The molecule has 1 heterocycles. The van der Waals surface area contributed by atoms with E-state index in [2.05, 4.69) is 31.2 Å². The third-order valence-corrected chi connectivity index (χ3v) is 4.93. The van der Waals surface area contributed by atoms with E-state index in [0.29, 0.717) is 13.2 Å². The van der Waals surface area contributed by atoms with Gasteiger partial charge in [-0.2, -0.15) is 0 Å². The highest BCUT2D eigenvalue weighted by Gasteiger charge is 2.37.